The number of hydrogen-bond acceptors (Lipinski definition) is 5. The number of ether oxygens (including phenoxy) is 2. The lowest BCUT2D eigenvalue weighted by atomic mass is 10.2. The molecule has 4 rings (SSSR count). The predicted molar refractivity (Wildman–Crippen MR) is 124 cm³/mol. The Hall–Kier alpha value is -2.90. The number of carbonyl (C=O) groups is 1. The number of methoxy groups -OCH3 is 1. The van der Waals surface area contributed by atoms with E-state index >= 15 is 0 Å². The van der Waals surface area contributed by atoms with Gasteiger partial charge in [-0.25, -0.2) is 4.39 Å². The van der Waals surface area contributed by atoms with Crippen molar-refractivity contribution < 1.29 is 18.7 Å². The summed E-state index contributed by atoms with van der Waals surface area (Å²) in [7, 11) is 1.63. The van der Waals surface area contributed by atoms with Gasteiger partial charge < -0.3 is 14.4 Å². The minimum atomic E-state index is -0.220. The number of thiophene rings is 1. The van der Waals surface area contributed by atoms with Gasteiger partial charge in [0.2, 0.25) is 0 Å². The van der Waals surface area contributed by atoms with Crippen molar-refractivity contribution in [2.75, 3.05) is 33.3 Å². The smallest absolute Gasteiger partial charge is 0.264 e. The van der Waals surface area contributed by atoms with E-state index in [1.165, 1.54) is 23.5 Å². The summed E-state index contributed by atoms with van der Waals surface area (Å²) >= 11 is 1.45. The van der Waals surface area contributed by atoms with E-state index in [1.54, 1.807) is 7.11 Å². The summed E-state index contributed by atoms with van der Waals surface area (Å²) in [5.74, 6) is 1.24. The molecule has 0 atom stereocenters. The van der Waals surface area contributed by atoms with Gasteiger partial charge in [-0.05, 0) is 53.8 Å². The molecule has 0 unspecified atom stereocenters. The molecule has 0 N–H and O–H groups in total. The second-order valence-electron chi connectivity index (χ2n) is 7.96. The third-order valence-corrected chi connectivity index (χ3v) is 6.52. The molecule has 168 valence electrons. The van der Waals surface area contributed by atoms with Crippen LogP contribution in [0.5, 0.6) is 11.5 Å². The fraction of sp³-hybridized carbons (Fsp3) is 0.320. The van der Waals surface area contributed by atoms with Gasteiger partial charge in [-0.1, -0.05) is 18.2 Å². The summed E-state index contributed by atoms with van der Waals surface area (Å²) in [5, 5.41) is 1.97. The summed E-state index contributed by atoms with van der Waals surface area (Å²) in [5.41, 5.74) is 3.16. The number of amides is 1. The van der Waals surface area contributed by atoms with E-state index in [9.17, 15) is 9.18 Å². The molecule has 3 aromatic rings. The van der Waals surface area contributed by atoms with Crippen molar-refractivity contribution in [2.45, 2.75) is 20.1 Å². The average Bonchev–Trinajstić information content (AvgIpc) is 3.29. The molecule has 0 bridgehead atoms. The monoisotopic (exact) mass is 454 g/mol. The van der Waals surface area contributed by atoms with Gasteiger partial charge in [-0.3, -0.25) is 9.69 Å². The molecular weight excluding hydrogens is 427 g/mol. The highest BCUT2D eigenvalue weighted by molar-refractivity contribution is 7.12. The average molecular weight is 455 g/mol. The second-order valence-corrected chi connectivity index (χ2v) is 8.87. The van der Waals surface area contributed by atoms with E-state index in [4.69, 9.17) is 9.47 Å². The number of nitrogens with zero attached hydrogens (tertiary/aromatic N) is 2. The van der Waals surface area contributed by atoms with Crippen LogP contribution in [0.4, 0.5) is 4.39 Å². The molecule has 1 amide bonds. The molecule has 1 aliphatic rings. The lowest BCUT2D eigenvalue weighted by molar-refractivity contribution is 0.0633. The summed E-state index contributed by atoms with van der Waals surface area (Å²) in [6.45, 7) is 6.13. The molecule has 1 aliphatic heterocycles. The Morgan fingerprint density at radius 1 is 1.00 bits per heavy atom. The Balaban J connectivity index is 1.29. The summed E-state index contributed by atoms with van der Waals surface area (Å²) < 4.78 is 24.4. The molecule has 2 aromatic carbocycles. The number of carbonyl (C=O) groups excluding carboxylic acids is 1. The fourth-order valence-corrected chi connectivity index (χ4v) is 4.60. The van der Waals surface area contributed by atoms with Crippen LogP contribution in [0.3, 0.4) is 0 Å². The van der Waals surface area contributed by atoms with Crippen molar-refractivity contribution in [1.29, 1.82) is 0 Å². The molecule has 0 radical (unpaired) electrons. The van der Waals surface area contributed by atoms with Crippen molar-refractivity contribution >= 4 is 17.2 Å². The van der Waals surface area contributed by atoms with Crippen molar-refractivity contribution in [1.82, 2.24) is 9.80 Å². The first-order valence-electron chi connectivity index (χ1n) is 10.6. The second kappa shape index (κ2) is 10.1. The topological polar surface area (TPSA) is 42.0 Å². The molecule has 32 heavy (non-hydrogen) atoms. The molecule has 5 nitrogen and oxygen atoms in total. The molecule has 1 fully saturated rings. The Labute approximate surface area is 192 Å². The molecular formula is C25H27FN2O3S. The SMILES string of the molecule is COc1cc(C)ccc1OCc1csc(C(=O)N2CCN(Cc3ccc(F)cc3)CC2)c1. The van der Waals surface area contributed by atoms with Gasteiger partial charge in [0.1, 0.15) is 12.4 Å². The standard InChI is InChI=1S/C25H27FN2O3S/c1-18-3-8-22(23(13-18)30-2)31-16-20-14-24(32-17-20)25(29)28-11-9-27(10-12-28)15-19-4-6-21(26)7-5-19/h3-8,13-14,17H,9-12,15-16H2,1-2H3. The number of benzene rings is 2. The molecule has 0 spiro atoms. The highest BCUT2D eigenvalue weighted by atomic mass is 32.1. The van der Waals surface area contributed by atoms with E-state index in [2.05, 4.69) is 4.90 Å². The van der Waals surface area contributed by atoms with Gasteiger partial charge in [0.15, 0.2) is 11.5 Å². The van der Waals surface area contributed by atoms with E-state index < -0.39 is 0 Å². The van der Waals surface area contributed by atoms with Crippen LogP contribution >= 0.6 is 11.3 Å². The summed E-state index contributed by atoms with van der Waals surface area (Å²) in [6.07, 6.45) is 0. The molecule has 0 saturated carbocycles. The maximum absolute atomic E-state index is 13.1. The first kappa shape index (κ1) is 22.3. The first-order chi connectivity index (χ1) is 15.5. The van der Waals surface area contributed by atoms with Gasteiger partial charge in [0, 0.05) is 38.3 Å². The zero-order valence-corrected chi connectivity index (χ0v) is 19.2. The van der Waals surface area contributed by atoms with E-state index in [0.717, 1.165) is 41.2 Å². The van der Waals surface area contributed by atoms with Gasteiger partial charge in [0.05, 0.1) is 12.0 Å². The summed E-state index contributed by atoms with van der Waals surface area (Å²) in [4.78, 5) is 17.9. The zero-order chi connectivity index (χ0) is 22.5. The third-order valence-electron chi connectivity index (χ3n) is 5.56. The third kappa shape index (κ3) is 5.47. The molecule has 1 saturated heterocycles. The minimum Gasteiger partial charge on any atom is -0.493 e. The molecule has 1 aromatic heterocycles. The van der Waals surface area contributed by atoms with Crippen LogP contribution in [0.1, 0.15) is 26.4 Å². The van der Waals surface area contributed by atoms with Crippen LogP contribution in [-0.2, 0) is 13.2 Å². The Morgan fingerprint density at radius 3 is 2.47 bits per heavy atom. The summed E-state index contributed by atoms with van der Waals surface area (Å²) in [6, 6.07) is 14.3. The highest BCUT2D eigenvalue weighted by Crippen LogP contribution is 2.29. The quantitative estimate of drug-likeness (QED) is 0.517. The molecule has 0 aliphatic carbocycles. The fourth-order valence-electron chi connectivity index (χ4n) is 3.73. The van der Waals surface area contributed by atoms with Gasteiger partial charge >= 0.3 is 0 Å². The van der Waals surface area contributed by atoms with E-state index in [-0.39, 0.29) is 11.7 Å². The Bertz CT molecular complexity index is 1060. The highest BCUT2D eigenvalue weighted by Gasteiger charge is 2.23. The van der Waals surface area contributed by atoms with Gasteiger partial charge in [-0.15, -0.1) is 11.3 Å². The van der Waals surface area contributed by atoms with Gasteiger partial charge in [-0.2, -0.15) is 0 Å². The minimum absolute atomic E-state index is 0.0654. The maximum atomic E-state index is 13.1. The van der Waals surface area contributed by atoms with Crippen LogP contribution in [0.2, 0.25) is 0 Å². The number of aryl methyl sites for hydroxylation is 1. The van der Waals surface area contributed by atoms with E-state index in [0.29, 0.717) is 31.2 Å². The van der Waals surface area contributed by atoms with Crippen LogP contribution in [0.25, 0.3) is 0 Å². The lowest BCUT2D eigenvalue weighted by Gasteiger charge is -2.34. The molecule has 7 heteroatoms. The number of piperazine rings is 1. The maximum Gasteiger partial charge on any atom is 0.264 e. The predicted octanol–water partition coefficient (Wildman–Crippen LogP) is 4.74. The number of rotatable bonds is 7. The van der Waals surface area contributed by atoms with Crippen molar-refractivity contribution in [3.8, 4) is 11.5 Å². The number of hydrogen-bond donors (Lipinski definition) is 0. The van der Waals surface area contributed by atoms with Crippen molar-refractivity contribution in [3.63, 3.8) is 0 Å². The van der Waals surface area contributed by atoms with Crippen LogP contribution in [0.15, 0.2) is 53.9 Å². The van der Waals surface area contributed by atoms with Gasteiger partial charge in [0.25, 0.3) is 5.91 Å². The Morgan fingerprint density at radius 2 is 1.75 bits per heavy atom. The first-order valence-corrected chi connectivity index (χ1v) is 11.5. The Kier molecular flexibility index (Phi) is 7.07. The van der Waals surface area contributed by atoms with E-state index in [1.807, 2.05) is 53.6 Å². The van der Waals surface area contributed by atoms with Crippen LogP contribution in [0, 0.1) is 12.7 Å². The normalized spacial score (nSPS) is 14.4. The van der Waals surface area contributed by atoms with Crippen LogP contribution in [-0.4, -0.2) is 49.0 Å². The van der Waals surface area contributed by atoms with Crippen LogP contribution < -0.4 is 9.47 Å². The molecule has 2 heterocycles. The van der Waals surface area contributed by atoms with Crippen molar-refractivity contribution in [2.24, 2.45) is 0 Å². The van der Waals surface area contributed by atoms with Crippen molar-refractivity contribution in [3.05, 3.63) is 81.3 Å². The number of halogens is 1. The zero-order valence-electron chi connectivity index (χ0n) is 18.3. The largest absolute Gasteiger partial charge is 0.493 e. The lowest BCUT2D eigenvalue weighted by Crippen LogP contribution is -2.48.